The van der Waals surface area contributed by atoms with Crippen molar-refractivity contribution in [3.8, 4) is 0 Å². The van der Waals surface area contributed by atoms with Gasteiger partial charge in [-0.3, -0.25) is 0 Å². The molecular weight excluding hydrogens is 99.0 g/mol. The fraction of sp³-hybridized carbons (Fsp3) is 1.00. The van der Waals surface area contributed by atoms with Gasteiger partial charge in [0.15, 0.2) is 0 Å². The third-order valence-corrected chi connectivity index (χ3v) is 0.865. The van der Waals surface area contributed by atoms with Crippen LogP contribution in [0.5, 0.6) is 0 Å². The summed E-state index contributed by atoms with van der Waals surface area (Å²) in [5, 5.41) is 8.83. The first kappa shape index (κ1) is 10.9. The number of hydrogen-bond acceptors (Lipinski definition) is 1. The Morgan fingerprint density at radius 3 is 1.57 bits per heavy atom. The molecule has 0 saturated heterocycles. The topological polar surface area (TPSA) is 20.2 Å². The predicted molar refractivity (Wildman–Crippen MR) is 33.7 cm³/mol. The van der Waals surface area contributed by atoms with Crippen LogP contribution in [0.25, 0.3) is 0 Å². The Hall–Kier alpha value is 0.960. The van der Waals surface area contributed by atoms with Crippen LogP contribution in [-0.4, -0.2) is 40.3 Å². The fourth-order valence-electron chi connectivity index (χ4n) is 0. The first-order valence-corrected chi connectivity index (χ1v) is 2.28. The molecule has 0 atom stereocenters. The van der Waals surface area contributed by atoms with Crippen LogP contribution in [0, 0.1) is 0 Å². The quantitative estimate of drug-likeness (QED) is 0.490. The van der Waals surface area contributed by atoms with Crippen molar-refractivity contribution in [1.82, 2.24) is 0 Å². The normalized spacial score (nSPS) is 10.3. The van der Waals surface area contributed by atoms with E-state index in [4.69, 9.17) is 5.11 Å². The van der Waals surface area contributed by atoms with E-state index in [2.05, 4.69) is 0 Å². The second-order valence-corrected chi connectivity index (χ2v) is 2.17. The molecule has 0 unspecified atom stereocenters. The molecule has 0 aliphatic heterocycles. The molecule has 0 heterocycles. The van der Waals surface area contributed by atoms with Crippen LogP contribution in [0.3, 0.4) is 0 Å². The Bertz CT molecular complexity index is 37.8. The average Bonchev–Trinajstić information content (AvgIpc) is 1.35. The fourth-order valence-corrected chi connectivity index (χ4v) is 0. The van der Waals surface area contributed by atoms with E-state index in [0.29, 0.717) is 0 Å². The molecule has 0 aromatic carbocycles. The van der Waals surface area contributed by atoms with Crippen molar-refractivity contribution in [3.05, 3.63) is 0 Å². The van der Waals surface area contributed by atoms with Gasteiger partial charge >= 0.3 is 29.6 Å². The van der Waals surface area contributed by atoms with Gasteiger partial charge in [-0.1, -0.05) is 6.92 Å². The molecule has 1 N–H and O–H groups in total. The van der Waals surface area contributed by atoms with Gasteiger partial charge in [-0.05, 0) is 20.3 Å². The zero-order valence-corrected chi connectivity index (χ0v) is 4.65. The first-order chi connectivity index (χ1) is 2.56. The molecule has 0 aromatic rings. The molecular formula is C5H13NaO. The zero-order chi connectivity index (χ0) is 5.21. The van der Waals surface area contributed by atoms with Crippen LogP contribution >= 0.6 is 0 Å². The molecule has 0 saturated carbocycles. The molecule has 0 radical (unpaired) electrons. The average molecular weight is 112 g/mol. The van der Waals surface area contributed by atoms with E-state index in [9.17, 15) is 0 Å². The summed E-state index contributed by atoms with van der Waals surface area (Å²) in [5.74, 6) is 0. The summed E-state index contributed by atoms with van der Waals surface area (Å²) in [6, 6.07) is 0. The molecule has 1 nitrogen and oxygen atoms in total. The molecule has 0 aliphatic carbocycles. The third-order valence-electron chi connectivity index (χ3n) is 0.865. The van der Waals surface area contributed by atoms with E-state index < -0.39 is 5.60 Å². The monoisotopic (exact) mass is 112 g/mol. The molecule has 0 aliphatic rings. The van der Waals surface area contributed by atoms with Crippen LogP contribution in [-0.2, 0) is 0 Å². The summed E-state index contributed by atoms with van der Waals surface area (Å²) < 4.78 is 0. The molecule has 0 bridgehead atoms. The van der Waals surface area contributed by atoms with E-state index in [0.717, 1.165) is 6.42 Å². The van der Waals surface area contributed by atoms with Crippen LogP contribution in [0.4, 0.5) is 0 Å². The van der Waals surface area contributed by atoms with Crippen LogP contribution in [0.15, 0.2) is 0 Å². The molecule has 0 spiro atoms. The zero-order valence-electron chi connectivity index (χ0n) is 4.65. The molecule has 7 heavy (non-hydrogen) atoms. The van der Waals surface area contributed by atoms with Gasteiger partial charge in [-0.2, -0.15) is 0 Å². The minimum atomic E-state index is -0.458. The van der Waals surface area contributed by atoms with Gasteiger partial charge in [0.25, 0.3) is 0 Å². The van der Waals surface area contributed by atoms with Crippen molar-refractivity contribution >= 4 is 29.6 Å². The van der Waals surface area contributed by atoms with E-state index in [1.165, 1.54) is 0 Å². The van der Waals surface area contributed by atoms with Gasteiger partial charge in [0, 0.05) is 0 Å². The molecule has 40 valence electrons. The van der Waals surface area contributed by atoms with Crippen molar-refractivity contribution < 1.29 is 5.11 Å². The Balaban J connectivity index is 0. The van der Waals surface area contributed by atoms with E-state index in [-0.39, 0.29) is 29.6 Å². The van der Waals surface area contributed by atoms with E-state index in [1.54, 1.807) is 13.8 Å². The summed E-state index contributed by atoms with van der Waals surface area (Å²) in [7, 11) is 0. The Morgan fingerprint density at radius 1 is 1.43 bits per heavy atom. The maximum absolute atomic E-state index is 8.83. The first-order valence-electron chi connectivity index (χ1n) is 2.28. The maximum atomic E-state index is 8.83. The summed E-state index contributed by atoms with van der Waals surface area (Å²) in [4.78, 5) is 0. The summed E-state index contributed by atoms with van der Waals surface area (Å²) >= 11 is 0. The van der Waals surface area contributed by atoms with Crippen molar-refractivity contribution in [2.24, 2.45) is 0 Å². The van der Waals surface area contributed by atoms with Gasteiger partial charge in [-0.25, -0.2) is 0 Å². The second-order valence-electron chi connectivity index (χ2n) is 2.17. The van der Waals surface area contributed by atoms with Gasteiger partial charge in [0.1, 0.15) is 0 Å². The van der Waals surface area contributed by atoms with Crippen molar-refractivity contribution in [2.75, 3.05) is 0 Å². The molecule has 2 heteroatoms. The van der Waals surface area contributed by atoms with E-state index >= 15 is 0 Å². The molecule has 0 fully saturated rings. The number of hydrogen-bond donors (Lipinski definition) is 1. The molecule has 0 amide bonds. The van der Waals surface area contributed by atoms with E-state index in [1.807, 2.05) is 6.92 Å². The standard InChI is InChI=1S/C5H12O.Na.H/c1-4-5(2,3)6;;/h6H,4H2,1-3H3;;. The molecule has 0 rings (SSSR count). The Kier molecular flexibility index (Phi) is 6.05. The summed E-state index contributed by atoms with van der Waals surface area (Å²) in [6.45, 7) is 5.56. The van der Waals surface area contributed by atoms with Crippen molar-refractivity contribution in [2.45, 2.75) is 32.8 Å². The minimum absolute atomic E-state index is 0. The van der Waals surface area contributed by atoms with Crippen LogP contribution in [0.1, 0.15) is 27.2 Å². The van der Waals surface area contributed by atoms with Gasteiger partial charge in [-0.15, -0.1) is 0 Å². The Morgan fingerprint density at radius 2 is 1.57 bits per heavy atom. The van der Waals surface area contributed by atoms with Gasteiger partial charge < -0.3 is 5.11 Å². The van der Waals surface area contributed by atoms with Crippen LogP contribution in [0.2, 0.25) is 0 Å². The number of rotatable bonds is 1. The van der Waals surface area contributed by atoms with Crippen LogP contribution < -0.4 is 0 Å². The van der Waals surface area contributed by atoms with Crippen molar-refractivity contribution in [1.29, 1.82) is 0 Å². The summed E-state index contributed by atoms with van der Waals surface area (Å²) in [5.41, 5.74) is -0.458. The Labute approximate surface area is 67.4 Å². The SMILES string of the molecule is CCC(C)(C)O.[NaH]. The number of aliphatic hydroxyl groups is 1. The predicted octanol–water partition coefficient (Wildman–Crippen LogP) is 0.519. The second kappa shape index (κ2) is 3.90. The van der Waals surface area contributed by atoms with Gasteiger partial charge in [0.2, 0.25) is 0 Å². The van der Waals surface area contributed by atoms with Crippen molar-refractivity contribution in [3.63, 3.8) is 0 Å². The van der Waals surface area contributed by atoms with Gasteiger partial charge in [0.05, 0.1) is 5.60 Å². The molecule has 0 aromatic heterocycles. The third kappa shape index (κ3) is 10.9. The summed E-state index contributed by atoms with van der Waals surface area (Å²) in [6.07, 6.45) is 0.826.